The van der Waals surface area contributed by atoms with Gasteiger partial charge in [-0.2, -0.15) is 18.1 Å². The van der Waals surface area contributed by atoms with Crippen molar-refractivity contribution in [3.63, 3.8) is 0 Å². The number of carbonyl (C=O) groups is 2. The first-order chi connectivity index (χ1) is 17.1. The maximum absolute atomic E-state index is 14.2. The second kappa shape index (κ2) is 8.66. The van der Waals surface area contributed by atoms with Crippen molar-refractivity contribution >= 4 is 22.9 Å². The summed E-state index contributed by atoms with van der Waals surface area (Å²) >= 11 is 0. The zero-order chi connectivity index (χ0) is 25.8. The van der Waals surface area contributed by atoms with E-state index in [2.05, 4.69) is 10.6 Å². The molecule has 1 aliphatic carbocycles. The largest absolute Gasteiger partial charge is 0.504 e. The number of halogens is 2. The van der Waals surface area contributed by atoms with Crippen LogP contribution in [0.2, 0.25) is 0 Å². The summed E-state index contributed by atoms with van der Waals surface area (Å²) in [4.78, 5) is 27.0. The van der Waals surface area contributed by atoms with Crippen LogP contribution in [0.1, 0.15) is 44.7 Å². The van der Waals surface area contributed by atoms with Crippen molar-refractivity contribution < 1.29 is 48.3 Å². The Balaban J connectivity index is 1.53. The molecule has 0 bridgehead atoms. The number of likely N-dealkylation sites (tertiary alicyclic amines) is 2. The molecule has 3 aliphatic rings. The molecule has 0 saturated carbocycles. The summed E-state index contributed by atoms with van der Waals surface area (Å²) < 4.78 is 28.2. The van der Waals surface area contributed by atoms with Crippen molar-refractivity contribution in [3.05, 3.63) is 46.0 Å². The van der Waals surface area contributed by atoms with E-state index in [9.17, 15) is 39.0 Å². The molecule has 0 amide bonds. The quantitative estimate of drug-likeness (QED) is 0.202. The van der Waals surface area contributed by atoms with E-state index in [-0.39, 0.29) is 44.9 Å². The third kappa shape index (κ3) is 3.86. The summed E-state index contributed by atoms with van der Waals surface area (Å²) in [5, 5.41) is 47.1. The molecule has 2 aromatic carbocycles. The smallest absolute Gasteiger partial charge is 0.205 e. The Labute approximate surface area is 205 Å². The summed E-state index contributed by atoms with van der Waals surface area (Å²) in [7, 11) is 0. The van der Waals surface area contributed by atoms with Crippen molar-refractivity contribution in [3.8, 4) is 11.5 Å². The number of rotatable bonds is 8. The number of benzene rings is 2. The van der Waals surface area contributed by atoms with Gasteiger partial charge >= 0.3 is 0 Å². The number of hydrogen-bond donors (Lipinski definition) is 6. The number of fused-ring (bicyclic) bond motifs is 2. The molecule has 12 heteroatoms. The van der Waals surface area contributed by atoms with E-state index in [1.54, 1.807) is 12.1 Å². The van der Waals surface area contributed by atoms with E-state index in [0.29, 0.717) is 39.3 Å². The second-order valence-electron chi connectivity index (χ2n) is 9.74. The highest BCUT2D eigenvalue weighted by Crippen LogP contribution is 2.44. The molecule has 2 saturated heterocycles. The van der Waals surface area contributed by atoms with Gasteiger partial charge in [-0.15, -0.1) is 0 Å². The van der Waals surface area contributed by atoms with Gasteiger partial charge in [0.1, 0.15) is 39.3 Å². The Bertz CT molecular complexity index is 1180. The summed E-state index contributed by atoms with van der Waals surface area (Å²) in [6.45, 7) is 3.62. The number of ketones is 2. The Hall–Kier alpha value is -3.32. The first-order valence-corrected chi connectivity index (χ1v) is 11.9. The van der Waals surface area contributed by atoms with Gasteiger partial charge in [-0.05, 0) is 12.1 Å². The van der Waals surface area contributed by atoms with Crippen LogP contribution in [0.3, 0.4) is 0 Å². The van der Waals surface area contributed by atoms with E-state index in [1.165, 1.54) is 0 Å². The first kappa shape index (κ1) is 24.4. The van der Waals surface area contributed by atoms with Crippen molar-refractivity contribution in [2.45, 2.75) is 12.8 Å². The van der Waals surface area contributed by atoms with Gasteiger partial charge in [-0.25, -0.2) is 10.4 Å². The molecule has 192 valence electrons. The van der Waals surface area contributed by atoms with Crippen LogP contribution in [-0.4, -0.2) is 93.8 Å². The van der Waals surface area contributed by atoms with Gasteiger partial charge in [0.25, 0.3) is 0 Å². The average molecular weight is 507 g/mol. The molecular weight excluding hydrogens is 478 g/mol. The van der Waals surface area contributed by atoms with Crippen LogP contribution in [0.5, 0.6) is 11.5 Å². The summed E-state index contributed by atoms with van der Waals surface area (Å²) in [6.07, 6.45) is 1.80. The highest BCUT2D eigenvalue weighted by Gasteiger charge is 2.42. The number of nitrogens with one attached hydrogen (secondary N) is 2. The molecule has 2 fully saturated rings. The number of aromatic hydroxyl groups is 2. The number of anilines is 2. The Morgan fingerprint density at radius 1 is 0.694 bits per heavy atom. The molecule has 2 aliphatic heterocycles. The molecule has 0 atom stereocenters. The second-order valence-corrected chi connectivity index (χ2v) is 9.74. The molecule has 0 spiro atoms. The monoisotopic (exact) mass is 506 g/mol. The third-order valence-corrected chi connectivity index (χ3v) is 7.43. The van der Waals surface area contributed by atoms with Crippen molar-refractivity contribution in [1.82, 2.24) is 0 Å². The highest BCUT2D eigenvalue weighted by atomic mass is 19.2. The normalized spacial score (nSPS) is 19.1. The number of phenolic OH excluding ortho intramolecular Hbond substituents is 2. The molecular formula is C24H28F2N4O6+2. The lowest BCUT2D eigenvalue weighted by Gasteiger charge is -2.37. The number of nitrogens with zero attached hydrogens (tertiary/aromatic N) is 2. The SMILES string of the molecule is O=C1c2c(NCC[N+]3(O)CCC3)ccc(NCC[N+]3(O)CCC3)c2C(=O)c2c(O)c(F)c(F)c(O)c21. The highest BCUT2D eigenvalue weighted by molar-refractivity contribution is 6.33. The van der Waals surface area contributed by atoms with E-state index < -0.39 is 45.8 Å². The minimum Gasteiger partial charge on any atom is -0.504 e. The molecule has 6 N–H and O–H groups in total. The van der Waals surface area contributed by atoms with Crippen LogP contribution in [-0.2, 0) is 0 Å². The Kier molecular flexibility index (Phi) is 5.86. The van der Waals surface area contributed by atoms with Gasteiger partial charge in [0.2, 0.25) is 23.2 Å². The number of quaternary nitrogens is 2. The standard InChI is InChI=1S/C24H26F2N4O6/c25-19-20(26)24(34)18-17(23(19)33)21(31)15-13(27-5-11-29(35)7-1-8-29)3-4-14(16(15)22(18)32)28-6-12-30(36)9-2-10-30/h3-4,35-36H,1-2,5-12H2,(H2-2,27,28,31,32,33,34)/p+2. The lowest BCUT2D eigenvalue weighted by Crippen LogP contribution is -2.57. The minimum absolute atomic E-state index is 0.120. The number of hydrogen-bond acceptors (Lipinski definition) is 8. The summed E-state index contributed by atoms with van der Waals surface area (Å²) in [6, 6.07) is 3.08. The lowest BCUT2D eigenvalue weighted by molar-refractivity contribution is -1.13. The summed E-state index contributed by atoms with van der Waals surface area (Å²) in [5.74, 6) is -8.26. The van der Waals surface area contributed by atoms with Gasteiger partial charge in [-0.1, -0.05) is 0 Å². The third-order valence-electron chi connectivity index (χ3n) is 7.43. The molecule has 36 heavy (non-hydrogen) atoms. The fourth-order valence-electron chi connectivity index (χ4n) is 5.02. The van der Waals surface area contributed by atoms with Crippen LogP contribution in [0.15, 0.2) is 12.1 Å². The van der Waals surface area contributed by atoms with Crippen LogP contribution in [0, 0.1) is 11.6 Å². The van der Waals surface area contributed by atoms with E-state index >= 15 is 0 Å². The van der Waals surface area contributed by atoms with Gasteiger partial charge in [0.15, 0.2) is 11.5 Å². The fourth-order valence-corrected chi connectivity index (χ4v) is 5.02. The zero-order valence-corrected chi connectivity index (χ0v) is 19.5. The predicted octanol–water partition coefficient (Wildman–Crippen LogP) is 2.19. The Morgan fingerprint density at radius 3 is 1.36 bits per heavy atom. The predicted molar refractivity (Wildman–Crippen MR) is 123 cm³/mol. The molecule has 0 radical (unpaired) electrons. The molecule has 0 aromatic heterocycles. The topological polar surface area (TPSA) is 139 Å². The van der Waals surface area contributed by atoms with Crippen molar-refractivity contribution in [1.29, 1.82) is 0 Å². The van der Waals surface area contributed by atoms with Gasteiger partial charge in [-0.3, -0.25) is 9.59 Å². The van der Waals surface area contributed by atoms with Crippen molar-refractivity contribution in [2.75, 3.05) is 63.0 Å². The molecule has 10 nitrogen and oxygen atoms in total. The fraction of sp³-hybridized carbons (Fsp3) is 0.417. The van der Waals surface area contributed by atoms with Crippen LogP contribution in [0.25, 0.3) is 0 Å². The van der Waals surface area contributed by atoms with Gasteiger partial charge < -0.3 is 20.8 Å². The van der Waals surface area contributed by atoms with Gasteiger partial charge in [0.05, 0.1) is 48.2 Å². The van der Waals surface area contributed by atoms with Crippen LogP contribution >= 0.6 is 0 Å². The Morgan fingerprint density at radius 2 is 1.06 bits per heavy atom. The molecule has 5 rings (SSSR count). The molecule has 2 heterocycles. The number of phenols is 2. The van der Waals surface area contributed by atoms with Crippen LogP contribution in [0.4, 0.5) is 20.2 Å². The summed E-state index contributed by atoms with van der Waals surface area (Å²) in [5.41, 5.74) is -1.52. The van der Waals surface area contributed by atoms with E-state index in [0.717, 1.165) is 12.8 Å². The average Bonchev–Trinajstić information content (AvgIpc) is 2.81. The maximum Gasteiger partial charge on any atom is 0.205 e. The number of carbonyl (C=O) groups excluding carboxylic acids is 2. The minimum atomic E-state index is -1.82. The van der Waals surface area contributed by atoms with E-state index in [4.69, 9.17) is 0 Å². The van der Waals surface area contributed by atoms with Crippen LogP contribution < -0.4 is 10.6 Å². The maximum atomic E-state index is 14.2. The number of hydroxylamine groups is 6. The lowest BCUT2D eigenvalue weighted by atomic mass is 9.81. The van der Waals surface area contributed by atoms with Gasteiger partial charge in [0, 0.05) is 11.4 Å². The first-order valence-electron chi connectivity index (χ1n) is 11.9. The molecule has 2 aromatic rings. The zero-order valence-electron chi connectivity index (χ0n) is 19.5. The molecule has 0 unspecified atom stereocenters. The van der Waals surface area contributed by atoms with Crippen molar-refractivity contribution in [2.24, 2.45) is 0 Å². The van der Waals surface area contributed by atoms with E-state index in [1.807, 2.05) is 0 Å².